The number of pyridine rings is 2. The van der Waals surface area contributed by atoms with E-state index in [-0.39, 0.29) is 11.6 Å². The molecule has 1 N–H and O–H groups in total. The van der Waals surface area contributed by atoms with Gasteiger partial charge in [0.15, 0.2) is 5.65 Å². The summed E-state index contributed by atoms with van der Waals surface area (Å²) in [5.41, 5.74) is 1.92. The van der Waals surface area contributed by atoms with Gasteiger partial charge < -0.3 is 5.11 Å². The van der Waals surface area contributed by atoms with E-state index >= 15 is 0 Å². The average Bonchev–Trinajstić information content (AvgIpc) is 2.90. The molecule has 0 amide bonds. The Morgan fingerprint density at radius 2 is 2.10 bits per heavy atom. The molecule has 0 saturated carbocycles. The van der Waals surface area contributed by atoms with Gasteiger partial charge in [-0.25, -0.2) is 14.5 Å². The fourth-order valence-electron chi connectivity index (χ4n) is 2.22. The lowest BCUT2D eigenvalue weighted by Gasteiger charge is -2.08. The van der Waals surface area contributed by atoms with Crippen molar-refractivity contribution in [3.05, 3.63) is 42.2 Å². The van der Waals surface area contributed by atoms with Gasteiger partial charge in [-0.05, 0) is 32.0 Å². The van der Waals surface area contributed by atoms with Crippen LogP contribution in [0, 0.1) is 0 Å². The second-order valence-corrected chi connectivity index (χ2v) is 5.00. The number of carbonyl (C=O) groups is 1. The van der Waals surface area contributed by atoms with Crippen LogP contribution in [-0.2, 0) is 0 Å². The summed E-state index contributed by atoms with van der Waals surface area (Å²) < 4.78 is 1.72. The lowest BCUT2D eigenvalue weighted by Crippen LogP contribution is -2.06. The van der Waals surface area contributed by atoms with Gasteiger partial charge in [-0.15, -0.1) is 0 Å². The average molecular weight is 282 g/mol. The number of hydrogen-bond acceptors (Lipinski definition) is 4. The van der Waals surface area contributed by atoms with Gasteiger partial charge in [0.05, 0.1) is 28.5 Å². The molecule has 21 heavy (non-hydrogen) atoms. The summed E-state index contributed by atoms with van der Waals surface area (Å²) in [6.45, 7) is 3.95. The number of hydrogen-bond donors (Lipinski definition) is 1. The van der Waals surface area contributed by atoms with Crippen LogP contribution in [0.25, 0.3) is 22.4 Å². The highest BCUT2D eigenvalue weighted by atomic mass is 16.4. The first-order valence-corrected chi connectivity index (χ1v) is 6.61. The normalized spacial score (nSPS) is 11.2. The van der Waals surface area contributed by atoms with E-state index in [2.05, 4.69) is 15.1 Å². The molecule has 0 saturated heterocycles. The minimum absolute atomic E-state index is 0.0932. The van der Waals surface area contributed by atoms with Gasteiger partial charge in [-0.3, -0.25) is 4.98 Å². The fraction of sp³-hybridized carbons (Fsp3) is 0.200. The Labute approximate surface area is 121 Å². The van der Waals surface area contributed by atoms with Crippen LogP contribution < -0.4 is 0 Å². The van der Waals surface area contributed by atoms with Crippen molar-refractivity contribution in [1.29, 1.82) is 0 Å². The lowest BCUT2D eigenvalue weighted by atomic mass is 10.1. The molecule has 0 fully saturated rings. The number of carboxylic acid groups (broad SMARTS) is 1. The second kappa shape index (κ2) is 4.97. The van der Waals surface area contributed by atoms with E-state index in [4.69, 9.17) is 0 Å². The smallest absolute Gasteiger partial charge is 0.336 e. The highest BCUT2D eigenvalue weighted by Crippen LogP contribution is 2.25. The maximum atomic E-state index is 11.5. The molecule has 3 heterocycles. The van der Waals surface area contributed by atoms with Gasteiger partial charge in [0.25, 0.3) is 0 Å². The molecule has 0 aliphatic heterocycles. The summed E-state index contributed by atoms with van der Waals surface area (Å²) in [7, 11) is 0. The van der Waals surface area contributed by atoms with Crippen molar-refractivity contribution in [1.82, 2.24) is 19.7 Å². The molecule has 0 spiro atoms. The molecule has 0 aliphatic rings. The molecule has 0 atom stereocenters. The molecule has 6 nitrogen and oxygen atoms in total. The molecule has 3 rings (SSSR count). The van der Waals surface area contributed by atoms with E-state index in [0.717, 1.165) is 0 Å². The van der Waals surface area contributed by atoms with Crippen molar-refractivity contribution in [2.75, 3.05) is 0 Å². The topological polar surface area (TPSA) is 80.9 Å². The number of fused-ring (bicyclic) bond motifs is 1. The molecule has 3 aromatic heterocycles. The van der Waals surface area contributed by atoms with E-state index in [0.29, 0.717) is 22.4 Å². The van der Waals surface area contributed by atoms with E-state index in [1.54, 1.807) is 35.3 Å². The van der Waals surface area contributed by atoms with Crippen molar-refractivity contribution in [3.8, 4) is 11.4 Å². The number of carboxylic acids is 1. The summed E-state index contributed by atoms with van der Waals surface area (Å²) in [4.78, 5) is 20.3. The molecular weight excluding hydrogens is 268 g/mol. The predicted octanol–water partition coefficient (Wildman–Crippen LogP) is 2.77. The Kier molecular flexibility index (Phi) is 3.13. The summed E-state index contributed by atoms with van der Waals surface area (Å²) >= 11 is 0. The first kappa shape index (κ1) is 13.2. The quantitative estimate of drug-likeness (QED) is 0.798. The van der Waals surface area contributed by atoms with E-state index < -0.39 is 5.97 Å². The standard InChI is InChI=1S/C15H14N4O2/c1-9(2)19-14-11(8-17-19)10(15(20)21)7-13(18-14)12-5-3-4-6-16-12/h3-9H,1-2H3,(H,20,21). The largest absolute Gasteiger partial charge is 0.478 e. The van der Waals surface area contributed by atoms with Crippen molar-refractivity contribution < 1.29 is 9.90 Å². The zero-order valence-corrected chi connectivity index (χ0v) is 11.7. The van der Waals surface area contributed by atoms with Gasteiger partial charge in [-0.2, -0.15) is 5.10 Å². The Morgan fingerprint density at radius 3 is 2.71 bits per heavy atom. The third-order valence-electron chi connectivity index (χ3n) is 3.21. The summed E-state index contributed by atoms with van der Waals surface area (Å²) in [5, 5.41) is 14.2. The molecule has 0 unspecified atom stereocenters. The fourth-order valence-corrected chi connectivity index (χ4v) is 2.22. The van der Waals surface area contributed by atoms with Crippen molar-refractivity contribution in [3.63, 3.8) is 0 Å². The van der Waals surface area contributed by atoms with Crippen LogP contribution in [0.4, 0.5) is 0 Å². The summed E-state index contributed by atoms with van der Waals surface area (Å²) in [6.07, 6.45) is 3.20. The highest BCUT2D eigenvalue weighted by molar-refractivity contribution is 6.02. The molecule has 0 bridgehead atoms. The molecule has 6 heteroatoms. The number of aromatic carboxylic acids is 1. The van der Waals surface area contributed by atoms with Gasteiger partial charge in [0, 0.05) is 12.2 Å². The van der Waals surface area contributed by atoms with Crippen LogP contribution in [-0.4, -0.2) is 30.8 Å². The van der Waals surface area contributed by atoms with E-state index in [1.165, 1.54) is 0 Å². The van der Waals surface area contributed by atoms with E-state index in [9.17, 15) is 9.90 Å². The summed E-state index contributed by atoms with van der Waals surface area (Å²) in [5.74, 6) is -0.997. The third kappa shape index (κ3) is 2.24. The van der Waals surface area contributed by atoms with Crippen molar-refractivity contribution in [2.45, 2.75) is 19.9 Å². The van der Waals surface area contributed by atoms with Crippen LogP contribution in [0.1, 0.15) is 30.2 Å². The predicted molar refractivity (Wildman–Crippen MR) is 78.1 cm³/mol. The van der Waals surface area contributed by atoms with Crippen LogP contribution >= 0.6 is 0 Å². The molecule has 0 aliphatic carbocycles. The number of nitrogens with zero attached hydrogens (tertiary/aromatic N) is 4. The van der Waals surface area contributed by atoms with Gasteiger partial charge in [-0.1, -0.05) is 6.07 Å². The SMILES string of the molecule is CC(C)n1ncc2c(C(=O)O)cc(-c3ccccn3)nc21. The number of rotatable bonds is 3. The zero-order chi connectivity index (χ0) is 15.0. The first-order chi connectivity index (χ1) is 10.1. The van der Waals surface area contributed by atoms with Gasteiger partial charge in [0.2, 0.25) is 0 Å². The minimum Gasteiger partial charge on any atom is -0.478 e. The lowest BCUT2D eigenvalue weighted by molar-refractivity contribution is 0.0699. The van der Waals surface area contributed by atoms with Crippen LogP contribution in [0.15, 0.2) is 36.7 Å². The first-order valence-electron chi connectivity index (χ1n) is 6.61. The Balaban J connectivity index is 2.32. The Morgan fingerprint density at radius 1 is 1.29 bits per heavy atom. The summed E-state index contributed by atoms with van der Waals surface area (Å²) in [6, 6.07) is 7.08. The second-order valence-electron chi connectivity index (χ2n) is 5.00. The Hall–Kier alpha value is -2.76. The highest BCUT2D eigenvalue weighted by Gasteiger charge is 2.18. The van der Waals surface area contributed by atoms with Crippen molar-refractivity contribution in [2.24, 2.45) is 0 Å². The maximum Gasteiger partial charge on any atom is 0.336 e. The molecular formula is C15H14N4O2. The monoisotopic (exact) mass is 282 g/mol. The van der Waals surface area contributed by atoms with Gasteiger partial charge >= 0.3 is 5.97 Å². The van der Waals surface area contributed by atoms with Crippen LogP contribution in [0.2, 0.25) is 0 Å². The van der Waals surface area contributed by atoms with Crippen molar-refractivity contribution >= 4 is 17.0 Å². The zero-order valence-electron chi connectivity index (χ0n) is 11.7. The van der Waals surface area contributed by atoms with E-state index in [1.807, 2.05) is 19.9 Å². The Bertz CT molecular complexity index is 809. The maximum absolute atomic E-state index is 11.5. The minimum atomic E-state index is -0.997. The molecule has 106 valence electrons. The van der Waals surface area contributed by atoms with Crippen LogP contribution in [0.3, 0.4) is 0 Å². The number of aromatic nitrogens is 4. The van der Waals surface area contributed by atoms with Gasteiger partial charge in [0.1, 0.15) is 0 Å². The molecule has 0 radical (unpaired) electrons. The third-order valence-corrected chi connectivity index (χ3v) is 3.21. The molecule has 3 aromatic rings. The molecule has 0 aromatic carbocycles. The van der Waals surface area contributed by atoms with Crippen LogP contribution in [0.5, 0.6) is 0 Å².